The molecule has 0 fully saturated rings. The van der Waals surface area contributed by atoms with Crippen molar-refractivity contribution in [1.29, 1.82) is 0 Å². The van der Waals surface area contributed by atoms with Gasteiger partial charge in [-0.2, -0.15) is 0 Å². The van der Waals surface area contributed by atoms with Crippen LogP contribution in [0, 0.1) is 0 Å². The molecule has 0 amide bonds. The van der Waals surface area contributed by atoms with Crippen LogP contribution in [-0.4, -0.2) is 36.2 Å². The number of carboxylic acids is 1. The van der Waals surface area contributed by atoms with Gasteiger partial charge in [-0.25, -0.2) is 4.79 Å². The molecular formula is C12H22O5. The summed E-state index contributed by atoms with van der Waals surface area (Å²) in [6.07, 6.45) is 0.548. The molecule has 0 aliphatic carbocycles. The fourth-order valence-electron chi connectivity index (χ4n) is 1.13. The molecule has 17 heavy (non-hydrogen) atoms. The average Bonchev–Trinajstić information content (AvgIpc) is 2.11. The summed E-state index contributed by atoms with van der Waals surface area (Å²) < 4.78 is 16.2. The van der Waals surface area contributed by atoms with Crippen LogP contribution < -0.4 is 0 Å². The minimum absolute atomic E-state index is 0.0195. The number of rotatable bonds is 8. The van der Waals surface area contributed by atoms with Crippen molar-refractivity contribution in [3.8, 4) is 0 Å². The van der Waals surface area contributed by atoms with Crippen molar-refractivity contribution < 1.29 is 24.1 Å². The Hall–Kier alpha value is -1.07. The van der Waals surface area contributed by atoms with Gasteiger partial charge in [0.15, 0.2) is 6.29 Å². The largest absolute Gasteiger partial charge is 0.493 e. The van der Waals surface area contributed by atoms with Gasteiger partial charge in [-0.1, -0.05) is 0 Å². The van der Waals surface area contributed by atoms with Gasteiger partial charge in [-0.05, 0) is 34.6 Å². The van der Waals surface area contributed by atoms with Gasteiger partial charge in [0.25, 0.3) is 0 Å². The Morgan fingerprint density at radius 2 is 1.65 bits per heavy atom. The Balaban J connectivity index is 4.19. The molecule has 0 aromatic carbocycles. The minimum atomic E-state index is -1.03. The van der Waals surface area contributed by atoms with Crippen LogP contribution in [0.4, 0.5) is 0 Å². The summed E-state index contributed by atoms with van der Waals surface area (Å²) >= 11 is 0. The van der Waals surface area contributed by atoms with Crippen molar-refractivity contribution in [2.45, 2.75) is 53.1 Å². The molecule has 0 heterocycles. The lowest BCUT2D eigenvalue weighted by atomic mass is 10.4. The summed E-state index contributed by atoms with van der Waals surface area (Å²) in [6, 6.07) is 0. The minimum Gasteiger partial charge on any atom is -0.493 e. The van der Waals surface area contributed by atoms with E-state index in [1.54, 1.807) is 6.92 Å². The fourth-order valence-corrected chi connectivity index (χ4v) is 1.13. The summed E-state index contributed by atoms with van der Waals surface area (Å²) in [5.74, 6) is -0.712. The first-order chi connectivity index (χ1) is 7.81. The SMILES string of the molecule is CC(=CC(=O)O)OCC(OC(C)C)OC(C)C. The van der Waals surface area contributed by atoms with Crippen molar-refractivity contribution in [3.63, 3.8) is 0 Å². The first kappa shape index (κ1) is 15.9. The molecule has 0 rings (SSSR count). The molecule has 0 bridgehead atoms. The molecule has 0 saturated carbocycles. The van der Waals surface area contributed by atoms with Crippen LogP contribution in [-0.2, 0) is 19.0 Å². The van der Waals surface area contributed by atoms with Crippen molar-refractivity contribution >= 4 is 5.97 Å². The topological polar surface area (TPSA) is 65.0 Å². The van der Waals surface area contributed by atoms with Crippen LogP contribution in [0.5, 0.6) is 0 Å². The van der Waals surface area contributed by atoms with Gasteiger partial charge in [0.05, 0.1) is 18.3 Å². The van der Waals surface area contributed by atoms with E-state index < -0.39 is 12.3 Å². The predicted octanol–water partition coefficient (Wildman–Crippen LogP) is 2.17. The molecule has 0 spiro atoms. The smallest absolute Gasteiger partial charge is 0.331 e. The van der Waals surface area contributed by atoms with Crippen LogP contribution in [0.15, 0.2) is 11.8 Å². The molecule has 0 aliphatic heterocycles. The van der Waals surface area contributed by atoms with Gasteiger partial charge in [0.1, 0.15) is 12.4 Å². The highest BCUT2D eigenvalue weighted by Crippen LogP contribution is 2.07. The maximum Gasteiger partial charge on any atom is 0.331 e. The zero-order valence-electron chi connectivity index (χ0n) is 11.1. The van der Waals surface area contributed by atoms with Gasteiger partial charge in [0, 0.05) is 0 Å². The number of allylic oxidation sites excluding steroid dienone is 1. The summed E-state index contributed by atoms with van der Waals surface area (Å²) in [7, 11) is 0. The molecule has 0 atom stereocenters. The molecule has 0 unspecified atom stereocenters. The van der Waals surface area contributed by atoms with Gasteiger partial charge >= 0.3 is 5.97 Å². The lowest BCUT2D eigenvalue weighted by molar-refractivity contribution is -0.199. The van der Waals surface area contributed by atoms with Crippen LogP contribution >= 0.6 is 0 Å². The maximum absolute atomic E-state index is 10.4. The maximum atomic E-state index is 10.4. The lowest BCUT2D eigenvalue weighted by Crippen LogP contribution is -2.29. The molecule has 0 radical (unpaired) electrons. The number of carbonyl (C=O) groups is 1. The Morgan fingerprint density at radius 3 is 2.00 bits per heavy atom. The van der Waals surface area contributed by atoms with E-state index in [-0.39, 0.29) is 18.8 Å². The molecule has 5 heteroatoms. The summed E-state index contributed by atoms with van der Waals surface area (Å²) in [5.41, 5.74) is 0. The van der Waals surface area contributed by atoms with Gasteiger partial charge in [-0.3, -0.25) is 0 Å². The van der Waals surface area contributed by atoms with E-state index in [0.29, 0.717) is 5.76 Å². The van der Waals surface area contributed by atoms with Crippen molar-refractivity contribution in [2.24, 2.45) is 0 Å². The molecule has 0 aromatic heterocycles. The van der Waals surface area contributed by atoms with Crippen LogP contribution in [0.25, 0.3) is 0 Å². The van der Waals surface area contributed by atoms with E-state index in [1.165, 1.54) is 0 Å². The third kappa shape index (κ3) is 9.84. The monoisotopic (exact) mass is 246 g/mol. The van der Waals surface area contributed by atoms with Crippen molar-refractivity contribution in [3.05, 3.63) is 11.8 Å². The molecule has 5 nitrogen and oxygen atoms in total. The van der Waals surface area contributed by atoms with Crippen molar-refractivity contribution in [2.75, 3.05) is 6.61 Å². The Morgan fingerprint density at radius 1 is 1.18 bits per heavy atom. The fraction of sp³-hybridized carbons (Fsp3) is 0.750. The van der Waals surface area contributed by atoms with Gasteiger partial charge in [0.2, 0.25) is 0 Å². The average molecular weight is 246 g/mol. The van der Waals surface area contributed by atoms with Gasteiger partial charge in [-0.15, -0.1) is 0 Å². The Kier molecular flexibility index (Phi) is 7.58. The third-order valence-electron chi connectivity index (χ3n) is 1.62. The Bertz CT molecular complexity index is 248. The highest BCUT2D eigenvalue weighted by molar-refractivity contribution is 5.80. The number of hydrogen-bond donors (Lipinski definition) is 1. The summed E-state index contributed by atoms with van der Waals surface area (Å²) in [4.78, 5) is 10.4. The van der Waals surface area contributed by atoms with E-state index in [9.17, 15) is 4.79 Å². The molecule has 0 aromatic rings. The van der Waals surface area contributed by atoms with E-state index in [1.807, 2.05) is 27.7 Å². The highest BCUT2D eigenvalue weighted by Gasteiger charge is 2.14. The second-order valence-corrected chi connectivity index (χ2v) is 4.20. The number of ether oxygens (including phenoxy) is 3. The second-order valence-electron chi connectivity index (χ2n) is 4.20. The van der Waals surface area contributed by atoms with Crippen LogP contribution in [0.1, 0.15) is 34.6 Å². The quantitative estimate of drug-likeness (QED) is 0.404. The summed E-state index contributed by atoms with van der Waals surface area (Å²) in [6.45, 7) is 9.35. The summed E-state index contributed by atoms with van der Waals surface area (Å²) in [5, 5.41) is 8.52. The normalized spacial score (nSPS) is 12.6. The van der Waals surface area contributed by atoms with Crippen molar-refractivity contribution in [1.82, 2.24) is 0 Å². The lowest BCUT2D eigenvalue weighted by Gasteiger charge is -2.23. The molecular weight excluding hydrogens is 224 g/mol. The highest BCUT2D eigenvalue weighted by atomic mass is 16.7. The van der Waals surface area contributed by atoms with Crippen LogP contribution in [0.2, 0.25) is 0 Å². The van der Waals surface area contributed by atoms with E-state index in [4.69, 9.17) is 19.3 Å². The standard InChI is InChI=1S/C12H22O5/c1-8(2)16-12(17-9(3)4)7-15-10(5)6-11(13)14/h6,8-9,12H,7H2,1-5H3,(H,13,14). The predicted molar refractivity (Wildman–Crippen MR) is 63.6 cm³/mol. The number of aliphatic carboxylic acids is 1. The van der Waals surface area contributed by atoms with E-state index >= 15 is 0 Å². The van der Waals surface area contributed by atoms with Gasteiger partial charge < -0.3 is 19.3 Å². The Labute approximate surface area is 102 Å². The second kappa shape index (κ2) is 8.08. The molecule has 0 aliphatic rings. The van der Waals surface area contributed by atoms with Crippen LogP contribution in [0.3, 0.4) is 0 Å². The van der Waals surface area contributed by atoms with E-state index in [0.717, 1.165) is 6.08 Å². The van der Waals surface area contributed by atoms with E-state index in [2.05, 4.69) is 0 Å². The molecule has 1 N–H and O–H groups in total. The molecule has 100 valence electrons. The zero-order valence-corrected chi connectivity index (χ0v) is 11.1. The molecule has 0 saturated heterocycles. The first-order valence-corrected chi connectivity index (χ1v) is 5.66. The third-order valence-corrected chi connectivity index (χ3v) is 1.62. The number of carboxylic acid groups (broad SMARTS) is 1. The first-order valence-electron chi connectivity index (χ1n) is 5.66. The number of hydrogen-bond acceptors (Lipinski definition) is 4. The zero-order chi connectivity index (χ0) is 13.4.